The number of nitrogens with zero attached hydrogens (tertiary/aromatic N) is 2. The molecule has 2 heterocycles. The largest absolute Gasteiger partial charge is 0.351 e. The summed E-state index contributed by atoms with van der Waals surface area (Å²) in [5.74, 6) is -0.209. The fourth-order valence-electron chi connectivity index (χ4n) is 4.32. The van der Waals surface area contributed by atoms with E-state index in [1.54, 1.807) is 18.2 Å². The lowest BCUT2D eigenvalue weighted by molar-refractivity contribution is -0.125. The molecule has 3 rings (SSSR count). The van der Waals surface area contributed by atoms with Crippen LogP contribution in [0.15, 0.2) is 24.3 Å². The molecule has 1 amide bonds. The maximum atomic E-state index is 13.8. The van der Waals surface area contributed by atoms with Gasteiger partial charge in [-0.2, -0.15) is 0 Å². The zero-order valence-corrected chi connectivity index (χ0v) is 15.4. The van der Waals surface area contributed by atoms with E-state index in [0.717, 1.165) is 39.0 Å². The molecule has 0 aromatic heterocycles. The van der Waals surface area contributed by atoms with E-state index >= 15 is 0 Å². The number of carbonyl (C=O) groups excluding carboxylic acids is 1. The second-order valence-corrected chi connectivity index (χ2v) is 7.80. The van der Waals surface area contributed by atoms with Crippen LogP contribution < -0.4 is 5.32 Å². The summed E-state index contributed by atoms with van der Waals surface area (Å²) < 4.78 is 13.8. The normalized spacial score (nSPS) is 23.9. The molecule has 0 bridgehead atoms. The first kappa shape index (κ1) is 18.3. The van der Waals surface area contributed by atoms with Gasteiger partial charge in [0.05, 0.1) is 6.04 Å². The highest BCUT2D eigenvalue weighted by molar-refractivity contribution is 5.82. The van der Waals surface area contributed by atoms with Crippen LogP contribution in [0.25, 0.3) is 0 Å². The second-order valence-electron chi connectivity index (χ2n) is 7.80. The van der Waals surface area contributed by atoms with E-state index in [1.165, 1.54) is 18.9 Å². The van der Waals surface area contributed by atoms with Crippen LogP contribution in [0.3, 0.4) is 0 Å². The number of carbonyl (C=O) groups is 1. The van der Waals surface area contributed by atoms with Crippen molar-refractivity contribution in [1.82, 2.24) is 15.1 Å². The predicted octanol–water partition coefficient (Wildman–Crippen LogP) is 2.64. The third-order valence-corrected chi connectivity index (χ3v) is 5.88. The molecule has 0 saturated carbocycles. The molecule has 0 unspecified atom stereocenters. The first-order valence-electron chi connectivity index (χ1n) is 9.47. The molecule has 2 aliphatic heterocycles. The van der Waals surface area contributed by atoms with Crippen LogP contribution in [0.4, 0.5) is 4.39 Å². The summed E-state index contributed by atoms with van der Waals surface area (Å²) in [4.78, 5) is 17.5. The van der Waals surface area contributed by atoms with Gasteiger partial charge < -0.3 is 10.2 Å². The summed E-state index contributed by atoms with van der Waals surface area (Å²) in [5.41, 5.74) is 0.826. The first-order valence-corrected chi connectivity index (χ1v) is 9.47. The van der Waals surface area contributed by atoms with Gasteiger partial charge in [0, 0.05) is 18.7 Å². The van der Waals surface area contributed by atoms with E-state index in [1.807, 2.05) is 0 Å². The van der Waals surface area contributed by atoms with E-state index in [0.29, 0.717) is 5.56 Å². The van der Waals surface area contributed by atoms with Gasteiger partial charge in [0.15, 0.2) is 0 Å². The van der Waals surface area contributed by atoms with Gasteiger partial charge >= 0.3 is 0 Å². The second kappa shape index (κ2) is 7.83. The topological polar surface area (TPSA) is 35.6 Å². The zero-order valence-electron chi connectivity index (χ0n) is 15.4. The maximum absolute atomic E-state index is 13.8. The van der Waals surface area contributed by atoms with Crippen LogP contribution in [0.2, 0.25) is 0 Å². The van der Waals surface area contributed by atoms with Crippen LogP contribution >= 0.6 is 0 Å². The Morgan fingerprint density at radius 1 is 1.32 bits per heavy atom. The van der Waals surface area contributed by atoms with E-state index in [4.69, 9.17) is 0 Å². The Balaban J connectivity index is 1.64. The Morgan fingerprint density at radius 3 is 2.72 bits per heavy atom. The number of hydrogen-bond donors (Lipinski definition) is 1. The predicted molar refractivity (Wildman–Crippen MR) is 97.7 cm³/mol. The summed E-state index contributed by atoms with van der Waals surface area (Å²) in [6.45, 7) is 6.63. The molecule has 1 aromatic rings. The van der Waals surface area contributed by atoms with Gasteiger partial charge in [0.1, 0.15) is 5.82 Å². The van der Waals surface area contributed by atoms with Crippen molar-refractivity contribution in [2.45, 2.75) is 45.2 Å². The molecule has 1 atom stereocenters. The number of benzene rings is 1. The summed E-state index contributed by atoms with van der Waals surface area (Å²) in [6, 6.07) is 6.57. The van der Waals surface area contributed by atoms with Crippen molar-refractivity contribution < 1.29 is 9.18 Å². The standard InChI is InChI=1S/C20H30FN3O/c1-3-10-24-15-20(8-11-23(2)12-9-20)13-18(24)19(25)22-14-16-6-4-5-7-17(16)21/h4-7,18H,3,8-15H2,1-2H3,(H,22,25)/t18-/m0/s1. The smallest absolute Gasteiger partial charge is 0.237 e. The van der Waals surface area contributed by atoms with Crippen molar-refractivity contribution in [3.05, 3.63) is 35.6 Å². The van der Waals surface area contributed by atoms with Crippen LogP contribution in [-0.2, 0) is 11.3 Å². The van der Waals surface area contributed by atoms with E-state index in [2.05, 4.69) is 29.1 Å². The number of hydrogen-bond acceptors (Lipinski definition) is 3. The third-order valence-electron chi connectivity index (χ3n) is 5.88. The highest BCUT2D eigenvalue weighted by Gasteiger charge is 2.47. The van der Waals surface area contributed by atoms with E-state index < -0.39 is 0 Å². The van der Waals surface area contributed by atoms with Crippen LogP contribution in [-0.4, -0.2) is 55.0 Å². The average molecular weight is 347 g/mol. The lowest BCUT2D eigenvalue weighted by Gasteiger charge is -2.37. The maximum Gasteiger partial charge on any atom is 0.237 e. The number of rotatable bonds is 5. The van der Waals surface area contributed by atoms with Crippen molar-refractivity contribution in [3.63, 3.8) is 0 Å². The van der Waals surface area contributed by atoms with Gasteiger partial charge in [-0.05, 0) is 63.8 Å². The zero-order chi connectivity index (χ0) is 17.9. The molecule has 0 radical (unpaired) electrons. The monoisotopic (exact) mass is 347 g/mol. The lowest BCUT2D eigenvalue weighted by Crippen LogP contribution is -2.43. The van der Waals surface area contributed by atoms with Crippen LogP contribution in [0, 0.1) is 11.2 Å². The SMILES string of the molecule is CCCN1CC2(CCN(C)CC2)C[C@H]1C(=O)NCc1ccccc1F. The number of nitrogens with one attached hydrogen (secondary N) is 1. The van der Waals surface area contributed by atoms with Crippen molar-refractivity contribution in [3.8, 4) is 0 Å². The van der Waals surface area contributed by atoms with Gasteiger partial charge in [0.25, 0.3) is 0 Å². The molecule has 5 heteroatoms. The molecule has 2 fully saturated rings. The minimum absolute atomic E-state index is 0.0486. The molecule has 1 aromatic carbocycles. The molecule has 4 nitrogen and oxygen atoms in total. The highest BCUT2D eigenvalue weighted by atomic mass is 19.1. The van der Waals surface area contributed by atoms with Gasteiger partial charge in [-0.3, -0.25) is 9.69 Å². The van der Waals surface area contributed by atoms with Gasteiger partial charge in [-0.15, -0.1) is 0 Å². The number of piperidine rings is 1. The molecular formula is C20H30FN3O. The number of amides is 1. The van der Waals surface area contributed by atoms with Crippen molar-refractivity contribution >= 4 is 5.91 Å². The fraction of sp³-hybridized carbons (Fsp3) is 0.650. The Bertz CT molecular complexity index is 598. The quantitative estimate of drug-likeness (QED) is 0.889. The average Bonchev–Trinajstić information content (AvgIpc) is 2.96. The molecule has 2 aliphatic rings. The molecule has 138 valence electrons. The highest BCUT2D eigenvalue weighted by Crippen LogP contribution is 2.43. The molecule has 0 aliphatic carbocycles. The summed E-state index contributed by atoms with van der Waals surface area (Å²) >= 11 is 0. The Labute approximate surface area is 150 Å². The fourth-order valence-corrected chi connectivity index (χ4v) is 4.32. The van der Waals surface area contributed by atoms with E-state index in [9.17, 15) is 9.18 Å². The lowest BCUT2D eigenvalue weighted by atomic mass is 9.76. The molecule has 25 heavy (non-hydrogen) atoms. The number of halogens is 1. The van der Waals surface area contributed by atoms with Crippen molar-refractivity contribution in [2.75, 3.05) is 33.2 Å². The summed E-state index contributed by atoms with van der Waals surface area (Å²) in [5, 5.41) is 2.97. The van der Waals surface area contributed by atoms with Crippen molar-refractivity contribution in [1.29, 1.82) is 0 Å². The summed E-state index contributed by atoms with van der Waals surface area (Å²) in [7, 11) is 2.17. The molecule has 2 saturated heterocycles. The minimum atomic E-state index is -0.258. The van der Waals surface area contributed by atoms with Gasteiger partial charge in [-0.25, -0.2) is 4.39 Å². The van der Waals surface area contributed by atoms with Crippen LogP contribution in [0.1, 0.15) is 38.2 Å². The first-order chi connectivity index (χ1) is 12.0. The van der Waals surface area contributed by atoms with Crippen molar-refractivity contribution in [2.24, 2.45) is 5.41 Å². The Kier molecular flexibility index (Phi) is 5.74. The third kappa shape index (κ3) is 4.21. The van der Waals surface area contributed by atoms with Gasteiger partial charge in [0.2, 0.25) is 5.91 Å². The molecular weight excluding hydrogens is 317 g/mol. The number of likely N-dealkylation sites (tertiary alicyclic amines) is 2. The Hall–Kier alpha value is -1.46. The molecule has 1 N–H and O–H groups in total. The Morgan fingerprint density at radius 2 is 2.04 bits per heavy atom. The summed E-state index contributed by atoms with van der Waals surface area (Å²) in [6.07, 6.45) is 4.32. The van der Waals surface area contributed by atoms with Gasteiger partial charge in [-0.1, -0.05) is 25.1 Å². The van der Waals surface area contributed by atoms with E-state index in [-0.39, 0.29) is 29.7 Å². The molecule has 1 spiro atoms. The minimum Gasteiger partial charge on any atom is -0.351 e. The van der Waals surface area contributed by atoms with Crippen LogP contribution in [0.5, 0.6) is 0 Å².